The van der Waals surface area contributed by atoms with E-state index in [-0.39, 0.29) is 29.3 Å². The SMILES string of the molecule is CC(C)(C)NC(=O)CNC(=O)c1cc2ccccc2cc1O. The first kappa shape index (κ1) is 15.8. The average Bonchev–Trinajstić information content (AvgIpc) is 2.42. The van der Waals surface area contributed by atoms with Crippen LogP contribution in [0.2, 0.25) is 0 Å². The fourth-order valence-electron chi connectivity index (χ4n) is 2.13. The van der Waals surface area contributed by atoms with Crippen molar-refractivity contribution in [2.45, 2.75) is 26.3 Å². The van der Waals surface area contributed by atoms with Crippen LogP contribution in [0.25, 0.3) is 10.8 Å². The first-order valence-electron chi connectivity index (χ1n) is 7.07. The Bertz CT molecular complexity index is 717. The maximum absolute atomic E-state index is 12.1. The fourth-order valence-corrected chi connectivity index (χ4v) is 2.13. The van der Waals surface area contributed by atoms with E-state index in [4.69, 9.17) is 0 Å². The monoisotopic (exact) mass is 300 g/mol. The van der Waals surface area contributed by atoms with Crippen molar-refractivity contribution in [3.8, 4) is 5.75 Å². The van der Waals surface area contributed by atoms with Gasteiger partial charge in [-0.25, -0.2) is 0 Å². The van der Waals surface area contributed by atoms with Gasteiger partial charge in [-0.1, -0.05) is 24.3 Å². The Balaban J connectivity index is 2.10. The summed E-state index contributed by atoms with van der Waals surface area (Å²) < 4.78 is 0. The Morgan fingerprint density at radius 3 is 2.27 bits per heavy atom. The molecule has 0 saturated heterocycles. The molecule has 2 rings (SSSR count). The third-order valence-corrected chi connectivity index (χ3v) is 3.03. The zero-order valence-corrected chi connectivity index (χ0v) is 12.9. The Kier molecular flexibility index (Phi) is 4.35. The van der Waals surface area contributed by atoms with Crippen LogP contribution in [-0.2, 0) is 4.79 Å². The number of phenolic OH excluding ortho intramolecular Hbond substituents is 1. The summed E-state index contributed by atoms with van der Waals surface area (Å²) in [6, 6.07) is 10.6. The molecule has 5 heteroatoms. The van der Waals surface area contributed by atoms with Gasteiger partial charge in [-0.05, 0) is 43.7 Å². The molecule has 0 radical (unpaired) electrons. The highest BCUT2D eigenvalue weighted by atomic mass is 16.3. The van der Waals surface area contributed by atoms with Crippen molar-refractivity contribution >= 4 is 22.6 Å². The molecule has 0 heterocycles. The van der Waals surface area contributed by atoms with Gasteiger partial charge in [0.1, 0.15) is 5.75 Å². The summed E-state index contributed by atoms with van der Waals surface area (Å²) in [5.74, 6) is -0.860. The van der Waals surface area contributed by atoms with Crippen molar-refractivity contribution in [2.24, 2.45) is 0 Å². The van der Waals surface area contributed by atoms with Gasteiger partial charge in [0.25, 0.3) is 5.91 Å². The summed E-state index contributed by atoms with van der Waals surface area (Å²) >= 11 is 0. The van der Waals surface area contributed by atoms with Crippen LogP contribution in [0, 0.1) is 0 Å². The number of rotatable bonds is 3. The molecule has 0 aliphatic carbocycles. The quantitative estimate of drug-likeness (QED) is 0.813. The van der Waals surface area contributed by atoms with Crippen LogP contribution in [-0.4, -0.2) is 29.0 Å². The Hall–Kier alpha value is -2.56. The molecule has 2 aromatic carbocycles. The molecular weight excluding hydrogens is 280 g/mol. The summed E-state index contributed by atoms with van der Waals surface area (Å²) in [6.45, 7) is 5.45. The topological polar surface area (TPSA) is 78.4 Å². The molecule has 0 fully saturated rings. The van der Waals surface area contributed by atoms with Gasteiger partial charge in [-0.3, -0.25) is 9.59 Å². The predicted octanol–water partition coefficient (Wildman–Crippen LogP) is 2.19. The lowest BCUT2D eigenvalue weighted by atomic mass is 10.1. The van der Waals surface area contributed by atoms with E-state index in [9.17, 15) is 14.7 Å². The molecule has 3 N–H and O–H groups in total. The third-order valence-electron chi connectivity index (χ3n) is 3.03. The van der Waals surface area contributed by atoms with E-state index in [0.29, 0.717) is 0 Å². The lowest BCUT2D eigenvalue weighted by Gasteiger charge is -2.20. The summed E-state index contributed by atoms with van der Waals surface area (Å²) in [6.07, 6.45) is 0. The molecule has 0 atom stereocenters. The number of fused-ring (bicyclic) bond motifs is 1. The number of hydrogen-bond acceptors (Lipinski definition) is 3. The minimum atomic E-state index is -0.479. The summed E-state index contributed by atoms with van der Waals surface area (Å²) in [7, 11) is 0. The number of aromatic hydroxyl groups is 1. The van der Waals surface area contributed by atoms with E-state index >= 15 is 0 Å². The molecule has 0 aliphatic rings. The first-order valence-corrected chi connectivity index (χ1v) is 7.07. The highest BCUT2D eigenvalue weighted by Crippen LogP contribution is 2.24. The Labute approximate surface area is 129 Å². The van der Waals surface area contributed by atoms with Crippen molar-refractivity contribution in [2.75, 3.05) is 6.54 Å². The van der Waals surface area contributed by atoms with Gasteiger partial charge in [0, 0.05) is 5.54 Å². The minimum absolute atomic E-state index is 0.104. The number of amides is 2. The van der Waals surface area contributed by atoms with Crippen molar-refractivity contribution in [1.82, 2.24) is 10.6 Å². The number of hydrogen-bond donors (Lipinski definition) is 3. The van der Waals surface area contributed by atoms with Gasteiger partial charge in [-0.15, -0.1) is 0 Å². The highest BCUT2D eigenvalue weighted by Gasteiger charge is 2.16. The third kappa shape index (κ3) is 3.97. The molecule has 116 valence electrons. The van der Waals surface area contributed by atoms with Gasteiger partial charge < -0.3 is 15.7 Å². The van der Waals surface area contributed by atoms with Crippen molar-refractivity contribution in [3.05, 3.63) is 42.0 Å². The number of phenols is 1. The van der Waals surface area contributed by atoms with Crippen molar-refractivity contribution in [1.29, 1.82) is 0 Å². The van der Waals surface area contributed by atoms with Crippen LogP contribution in [0.3, 0.4) is 0 Å². The summed E-state index contributed by atoms with van der Waals surface area (Å²) in [5.41, 5.74) is -0.199. The van der Waals surface area contributed by atoms with Gasteiger partial charge >= 0.3 is 0 Å². The minimum Gasteiger partial charge on any atom is -0.507 e. The molecule has 0 unspecified atom stereocenters. The smallest absolute Gasteiger partial charge is 0.255 e. The Morgan fingerprint density at radius 2 is 1.68 bits per heavy atom. The summed E-state index contributed by atoms with van der Waals surface area (Å²) in [5, 5.41) is 16.9. The average molecular weight is 300 g/mol. The Morgan fingerprint density at radius 1 is 1.09 bits per heavy atom. The largest absolute Gasteiger partial charge is 0.507 e. The van der Waals surface area contributed by atoms with E-state index < -0.39 is 5.91 Å². The number of benzene rings is 2. The lowest BCUT2D eigenvalue weighted by Crippen LogP contribution is -2.45. The first-order chi connectivity index (χ1) is 10.3. The second kappa shape index (κ2) is 6.05. The molecule has 2 amide bonds. The molecule has 0 aromatic heterocycles. The second-order valence-corrected chi connectivity index (χ2v) is 6.20. The standard InChI is InChI=1S/C17H20N2O3/c1-17(2,3)19-15(21)10-18-16(22)13-8-11-6-4-5-7-12(11)9-14(13)20/h4-9,20H,10H2,1-3H3,(H,18,22)(H,19,21). The molecule has 0 aliphatic heterocycles. The van der Waals surface area contributed by atoms with Crippen molar-refractivity contribution in [3.63, 3.8) is 0 Å². The zero-order valence-electron chi connectivity index (χ0n) is 12.9. The zero-order chi connectivity index (χ0) is 16.3. The van der Waals surface area contributed by atoms with Gasteiger partial charge in [-0.2, -0.15) is 0 Å². The number of carbonyl (C=O) groups is 2. The van der Waals surface area contributed by atoms with Gasteiger partial charge in [0.2, 0.25) is 5.91 Å². The molecule has 5 nitrogen and oxygen atoms in total. The van der Waals surface area contributed by atoms with E-state index in [1.165, 1.54) is 0 Å². The maximum Gasteiger partial charge on any atom is 0.255 e. The van der Waals surface area contributed by atoms with E-state index in [1.54, 1.807) is 12.1 Å². The predicted molar refractivity (Wildman–Crippen MR) is 85.8 cm³/mol. The highest BCUT2D eigenvalue weighted by molar-refractivity contribution is 6.02. The van der Waals surface area contributed by atoms with Crippen LogP contribution < -0.4 is 10.6 Å². The van der Waals surface area contributed by atoms with Crippen molar-refractivity contribution < 1.29 is 14.7 Å². The fraction of sp³-hybridized carbons (Fsp3) is 0.294. The number of carbonyl (C=O) groups excluding carboxylic acids is 2. The molecule has 2 aromatic rings. The van der Waals surface area contributed by atoms with Crippen LogP contribution in [0.1, 0.15) is 31.1 Å². The van der Waals surface area contributed by atoms with Crippen LogP contribution in [0.4, 0.5) is 0 Å². The lowest BCUT2D eigenvalue weighted by molar-refractivity contribution is -0.121. The normalized spacial score (nSPS) is 11.2. The second-order valence-electron chi connectivity index (χ2n) is 6.20. The molecule has 22 heavy (non-hydrogen) atoms. The van der Waals surface area contributed by atoms with Crippen LogP contribution in [0.15, 0.2) is 36.4 Å². The number of nitrogens with one attached hydrogen (secondary N) is 2. The molecular formula is C17H20N2O3. The molecule has 0 bridgehead atoms. The van der Waals surface area contributed by atoms with E-state index in [1.807, 2.05) is 45.0 Å². The van der Waals surface area contributed by atoms with Crippen LogP contribution >= 0.6 is 0 Å². The molecule has 0 spiro atoms. The van der Waals surface area contributed by atoms with Gasteiger partial charge in [0.15, 0.2) is 0 Å². The van der Waals surface area contributed by atoms with Crippen LogP contribution in [0.5, 0.6) is 5.75 Å². The van der Waals surface area contributed by atoms with E-state index in [2.05, 4.69) is 10.6 Å². The summed E-state index contributed by atoms with van der Waals surface area (Å²) in [4.78, 5) is 23.8. The van der Waals surface area contributed by atoms with Gasteiger partial charge in [0.05, 0.1) is 12.1 Å². The molecule has 0 saturated carbocycles. The van der Waals surface area contributed by atoms with E-state index in [0.717, 1.165) is 10.8 Å². The maximum atomic E-state index is 12.1.